The number of unbranched alkanes of at least 4 members (excludes halogenated alkanes) is 1. The summed E-state index contributed by atoms with van der Waals surface area (Å²) in [5.74, 6) is 0. The lowest BCUT2D eigenvalue weighted by atomic mass is 10.1. The standard InChI is InChI=1S/C27H39N5O/c1-7-12-15-21-23(13-8-2)29-26-25(24(14-9-3)30-32(26)27(21)33)28-22-17-16-20(18-19(22)6)31(10-4)11-5/h9,14,16-18,28,30H,7-8,10-13,15H2,1-6H3/b14-9+. The highest BCUT2D eigenvalue weighted by molar-refractivity contribution is 5.83. The molecule has 0 fully saturated rings. The van der Waals surface area contributed by atoms with Crippen molar-refractivity contribution in [2.45, 2.75) is 73.6 Å². The number of hydrogen-bond donors (Lipinski definition) is 2. The van der Waals surface area contributed by atoms with Crippen molar-refractivity contribution < 1.29 is 0 Å². The summed E-state index contributed by atoms with van der Waals surface area (Å²) in [6.45, 7) is 14.7. The van der Waals surface area contributed by atoms with E-state index in [0.717, 1.165) is 79.1 Å². The number of fused-ring (bicyclic) bond motifs is 1. The summed E-state index contributed by atoms with van der Waals surface area (Å²) in [5.41, 5.74) is 7.52. The van der Waals surface area contributed by atoms with Gasteiger partial charge in [-0.3, -0.25) is 9.89 Å². The molecule has 6 heteroatoms. The van der Waals surface area contributed by atoms with Crippen LogP contribution in [-0.4, -0.2) is 27.7 Å². The summed E-state index contributed by atoms with van der Waals surface area (Å²) in [7, 11) is 0. The van der Waals surface area contributed by atoms with E-state index in [2.05, 4.69) is 68.1 Å². The lowest BCUT2D eigenvalue weighted by Gasteiger charge is -2.22. The molecule has 0 bridgehead atoms. The molecule has 1 aromatic carbocycles. The van der Waals surface area contributed by atoms with Gasteiger partial charge in [-0.2, -0.15) is 4.52 Å². The number of nitrogens with one attached hydrogen (secondary N) is 2. The van der Waals surface area contributed by atoms with E-state index in [9.17, 15) is 4.79 Å². The number of aromatic nitrogens is 3. The zero-order chi connectivity index (χ0) is 24.0. The summed E-state index contributed by atoms with van der Waals surface area (Å²) < 4.78 is 1.61. The number of hydrogen-bond acceptors (Lipinski definition) is 4. The predicted molar refractivity (Wildman–Crippen MR) is 141 cm³/mol. The lowest BCUT2D eigenvalue weighted by Crippen LogP contribution is -2.23. The van der Waals surface area contributed by atoms with Crippen LogP contribution in [0, 0.1) is 6.92 Å². The molecule has 0 aliphatic carbocycles. The third-order valence-electron chi connectivity index (χ3n) is 6.19. The predicted octanol–water partition coefficient (Wildman–Crippen LogP) is 6.25. The minimum Gasteiger partial charge on any atom is -0.372 e. The van der Waals surface area contributed by atoms with E-state index < -0.39 is 0 Å². The third kappa shape index (κ3) is 5.15. The van der Waals surface area contributed by atoms with E-state index in [4.69, 9.17) is 4.98 Å². The normalized spacial score (nSPS) is 11.6. The van der Waals surface area contributed by atoms with Crippen LogP contribution in [0.5, 0.6) is 0 Å². The second-order valence-corrected chi connectivity index (χ2v) is 8.55. The highest BCUT2D eigenvalue weighted by Crippen LogP contribution is 2.30. The van der Waals surface area contributed by atoms with Crippen molar-refractivity contribution >= 4 is 28.8 Å². The molecule has 0 radical (unpaired) electrons. The number of allylic oxidation sites excluding steroid dienone is 1. The zero-order valence-electron chi connectivity index (χ0n) is 21.1. The van der Waals surface area contributed by atoms with Crippen molar-refractivity contribution in [2.24, 2.45) is 0 Å². The molecule has 0 aliphatic rings. The Kier molecular flexibility index (Phi) is 8.37. The number of aryl methyl sites for hydroxylation is 2. The maximum absolute atomic E-state index is 13.4. The molecule has 0 spiro atoms. The fraction of sp³-hybridized carbons (Fsp3) is 0.481. The summed E-state index contributed by atoms with van der Waals surface area (Å²) in [5, 5.41) is 6.88. The first-order chi connectivity index (χ1) is 16.0. The van der Waals surface area contributed by atoms with E-state index >= 15 is 0 Å². The Hall–Kier alpha value is -3.02. The summed E-state index contributed by atoms with van der Waals surface area (Å²) in [6, 6.07) is 6.48. The summed E-state index contributed by atoms with van der Waals surface area (Å²) >= 11 is 0. The molecule has 2 heterocycles. The Morgan fingerprint density at radius 3 is 2.48 bits per heavy atom. The monoisotopic (exact) mass is 449 g/mol. The van der Waals surface area contributed by atoms with Crippen LogP contribution in [0.25, 0.3) is 11.7 Å². The van der Waals surface area contributed by atoms with Crippen LogP contribution in [0.1, 0.15) is 76.4 Å². The minimum absolute atomic E-state index is 0.0179. The second-order valence-electron chi connectivity index (χ2n) is 8.55. The third-order valence-corrected chi connectivity index (χ3v) is 6.19. The van der Waals surface area contributed by atoms with E-state index in [1.165, 1.54) is 5.69 Å². The van der Waals surface area contributed by atoms with Crippen molar-refractivity contribution in [3.8, 4) is 0 Å². The number of benzene rings is 1. The number of anilines is 3. The highest BCUT2D eigenvalue weighted by atomic mass is 16.1. The van der Waals surface area contributed by atoms with E-state index in [0.29, 0.717) is 5.65 Å². The van der Waals surface area contributed by atoms with Crippen LogP contribution in [0.3, 0.4) is 0 Å². The molecular formula is C27H39N5O. The van der Waals surface area contributed by atoms with Gasteiger partial charge in [0.15, 0.2) is 5.65 Å². The van der Waals surface area contributed by atoms with Crippen molar-refractivity contribution in [3.05, 3.63) is 57.1 Å². The van der Waals surface area contributed by atoms with Gasteiger partial charge in [0.1, 0.15) is 5.69 Å². The minimum atomic E-state index is 0.0179. The highest BCUT2D eigenvalue weighted by Gasteiger charge is 2.19. The maximum Gasteiger partial charge on any atom is 0.276 e. The van der Waals surface area contributed by atoms with Gasteiger partial charge in [-0.1, -0.05) is 32.8 Å². The molecule has 3 aromatic rings. The SMILES string of the molecule is C/C=C/c1[nH]n2c(=O)c(CCCC)c(CCC)nc2c1Nc1ccc(N(CC)CC)cc1C. The van der Waals surface area contributed by atoms with Gasteiger partial charge in [0, 0.05) is 30.0 Å². The van der Waals surface area contributed by atoms with Gasteiger partial charge in [0.25, 0.3) is 5.56 Å². The number of aromatic amines is 1. The number of H-pyrrole nitrogens is 1. The van der Waals surface area contributed by atoms with Crippen molar-refractivity contribution in [2.75, 3.05) is 23.3 Å². The van der Waals surface area contributed by atoms with Crippen molar-refractivity contribution in [1.29, 1.82) is 0 Å². The Morgan fingerprint density at radius 2 is 1.88 bits per heavy atom. The van der Waals surface area contributed by atoms with Crippen LogP contribution in [0.2, 0.25) is 0 Å². The van der Waals surface area contributed by atoms with Crippen LogP contribution in [-0.2, 0) is 12.8 Å². The van der Waals surface area contributed by atoms with Crippen LogP contribution in [0.15, 0.2) is 29.1 Å². The smallest absolute Gasteiger partial charge is 0.276 e. The molecule has 0 aliphatic heterocycles. The fourth-order valence-corrected chi connectivity index (χ4v) is 4.34. The van der Waals surface area contributed by atoms with Gasteiger partial charge < -0.3 is 10.2 Å². The molecule has 178 valence electrons. The topological polar surface area (TPSA) is 65.4 Å². The molecular weight excluding hydrogens is 410 g/mol. The van der Waals surface area contributed by atoms with Crippen molar-refractivity contribution in [3.63, 3.8) is 0 Å². The first-order valence-electron chi connectivity index (χ1n) is 12.4. The van der Waals surface area contributed by atoms with Crippen LogP contribution in [0.4, 0.5) is 17.1 Å². The quantitative estimate of drug-likeness (QED) is 0.363. The Balaban J connectivity index is 2.14. The summed E-state index contributed by atoms with van der Waals surface area (Å²) in [6.07, 6.45) is 8.55. The molecule has 0 amide bonds. The molecule has 0 unspecified atom stereocenters. The van der Waals surface area contributed by atoms with Crippen molar-refractivity contribution in [1.82, 2.24) is 14.6 Å². The van der Waals surface area contributed by atoms with Gasteiger partial charge >= 0.3 is 0 Å². The first-order valence-corrected chi connectivity index (χ1v) is 12.4. The Morgan fingerprint density at radius 1 is 1.12 bits per heavy atom. The molecule has 0 saturated heterocycles. The molecule has 6 nitrogen and oxygen atoms in total. The average Bonchev–Trinajstić information content (AvgIpc) is 3.14. The van der Waals surface area contributed by atoms with Gasteiger partial charge in [0.2, 0.25) is 0 Å². The molecule has 2 N–H and O–H groups in total. The van der Waals surface area contributed by atoms with E-state index in [-0.39, 0.29) is 5.56 Å². The molecule has 33 heavy (non-hydrogen) atoms. The summed E-state index contributed by atoms with van der Waals surface area (Å²) in [4.78, 5) is 20.8. The van der Waals surface area contributed by atoms with Gasteiger partial charge in [0.05, 0.1) is 11.4 Å². The van der Waals surface area contributed by atoms with E-state index in [1.54, 1.807) is 4.52 Å². The maximum atomic E-state index is 13.4. The zero-order valence-corrected chi connectivity index (χ0v) is 21.1. The average molecular weight is 450 g/mol. The molecule has 3 rings (SSSR count). The second kappa shape index (κ2) is 11.2. The lowest BCUT2D eigenvalue weighted by molar-refractivity contribution is 0.739. The fourth-order valence-electron chi connectivity index (χ4n) is 4.34. The Bertz CT molecular complexity index is 1170. The Labute approximate surface area is 197 Å². The van der Waals surface area contributed by atoms with E-state index in [1.807, 2.05) is 19.1 Å². The van der Waals surface area contributed by atoms with Crippen LogP contribution < -0.4 is 15.8 Å². The van der Waals surface area contributed by atoms with Crippen LogP contribution >= 0.6 is 0 Å². The van der Waals surface area contributed by atoms with Gasteiger partial charge in [-0.15, -0.1) is 0 Å². The number of rotatable bonds is 11. The molecule has 2 aromatic heterocycles. The van der Waals surface area contributed by atoms with Gasteiger partial charge in [-0.25, -0.2) is 4.98 Å². The number of nitrogens with zero attached hydrogens (tertiary/aromatic N) is 3. The molecule has 0 atom stereocenters. The molecule has 0 saturated carbocycles. The van der Waals surface area contributed by atoms with Gasteiger partial charge in [-0.05, 0) is 76.8 Å². The first kappa shape index (κ1) is 24.6. The largest absolute Gasteiger partial charge is 0.372 e.